The Morgan fingerprint density at radius 3 is 2.23 bits per heavy atom. The molecule has 1 spiro atoms. The predicted molar refractivity (Wildman–Crippen MR) is 150 cm³/mol. The minimum atomic E-state index is -3.23. The first-order chi connectivity index (χ1) is 18.7. The van der Waals surface area contributed by atoms with Crippen molar-refractivity contribution in [3.05, 3.63) is 65.7 Å². The minimum absolute atomic E-state index is 0.249. The van der Waals surface area contributed by atoms with Crippen molar-refractivity contribution >= 4 is 21.7 Å². The van der Waals surface area contributed by atoms with Gasteiger partial charge in [0.2, 0.25) is 11.8 Å². The molecule has 4 fully saturated rings. The molecule has 4 aliphatic rings. The summed E-state index contributed by atoms with van der Waals surface area (Å²) in [7, 11) is -3.23. The zero-order valence-electron chi connectivity index (χ0n) is 22.8. The largest absolute Gasteiger partial charge is 0.341 e. The summed E-state index contributed by atoms with van der Waals surface area (Å²) in [5.74, 6) is 1.62. The number of carbonyl (C=O) groups excluding carboxylic acids is 2. The van der Waals surface area contributed by atoms with E-state index in [1.165, 1.54) is 11.8 Å². The van der Waals surface area contributed by atoms with Gasteiger partial charge < -0.3 is 14.7 Å². The van der Waals surface area contributed by atoms with Crippen LogP contribution in [0.3, 0.4) is 0 Å². The highest BCUT2D eigenvalue weighted by Crippen LogP contribution is 2.43. The molecule has 0 radical (unpaired) electrons. The fourth-order valence-electron chi connectivity index (χ4n) is 6.97. The van der Waals surface area contributed by atoms with Crippen molar-refractivity contribution < 1.29 is 18.0 Å². The maximum Gasteiger partial charge on any atom is 0.229 e. The Morgan fingerprint density at radius 2 is 1.59 bits per heavy atom. The lowest BCUT2D eigenvalue weighted by atomic mass is 9.76. The molecule has 0 aromatic heterocycles. The fourth-order valence-corrected chi connectivity index (χ4v) is 7.60. The summed E-state index contributed by atoms with van der Waals surface area (Å²) in [4.78, 5) is 33.4. The van der Waals surface area contributed by atoms with E-state index in [1.807, 2.05) is 17.0 Å². The number of benzene rings is 2. The Hall–Kier alpha value is -2.71. The average Bonchev–Trinajstić information content (AvgIpc) is 3.65. The summed E-state index contributed by atoms with van der Waals surface area (Å²) in [5, 5.41) is 0. The van der Waals surface area contributed by atoms with Crippen molar-refractivity contribution in [1.82, 2.24) is 14.7 Å². The van der Waals surface area contributed by atoms with E-state index in [-0.39, 0.29) is 17.2 Å². The summed E-state index contributed by atoms with van der Waals surface area (Å²) >= 11 is 0. The second kappa shape index (κ2) is 10.4. The molecule has 0 unspecified atom stereocenters. The third-order valence-corrected chi connectivity index (χ3v) is 10.7. The molecule has 1 aliphatic carbocycles. The SMILES string of the molecule is CS(=O)(=O)c1ccc(CN2CCC3(CCN(C[C@H]4CN(C(=O)C5CC5)C[C@@H]4c4ccccc4)CC3)C2=O)cc1. The molecular weight excluding hydrogens is 510 g/mol. The molecule has 39 heavy (non-hydrogen) atoms. The molecule has 208 valence electrons. The van der Waals surface area contributed by atoms with Crippen LogP contribution in [0, 0.1) is 17.3 Å². The van der Waals surface area contributed by atoms with E-state index in [1.54, 1.807) is 12.1 Å². The van der Waals surface area contributed by atoms with Gasteiger partial charge in [0.15, 0.2) is 9.84 Å². The summed E-state index contributed by atoms with van der Waals surface area (Å²) in [6, 6.07) is 17.5. The summed E-state index contributed by atoms with van der Waals surface area (Å²) in [6.07, 6.45) is 5.94. The van der Waals surface area contributed by atoms with Crippen LogP contribution < -0.4 is 0 Å². The van der Waals surface area contributed by atoms with Gasteiger partial charge in [-0.15, -0.1) is 0 Å². The number of hydrogen-bond acceptors (Lipinski definition) is 5. The van der Waals surface area contributed by atoms with Crippen molar-refractivity contribution in [3.8, 4) is 0 Å². The molecule has 6 rings (SSSR count). The second-order valence-electron chi connectivity index (χ2n) is 12.3. The Bertz CT molecular complexity index is 1320. The van der Waals surface area contributed by atoms with Gasteiger partial charge in [-0.25, -0.2) is 8.42 Å². The standard InChI is InChI=1S/C31H39N3O4S/c1-39(37,38)27-11-7-23(8-12-27)19-33-18-15-31(30(33)36)13-16-32(17-14-31)20-26-21-34(29(35)25-9-10-25)22-28(26)24-5-3-2-4-6-24/h2-8,11-12,25-26,28H,9-10,13-22H2,1H3/t26-,28+/m0/s1. The Morgan fingerprint density at radius 1 is 0.923 bits per heavy atom. The van der Waals surface area contributed by atoms with Gasteiger partial charge in [-0.1, -0.05) is 42.5 Å². The van der Waals surface area contributed by atoms with Gasteiger partial charge in [0, 0.05) is 50.8 Å². The van der Waals surface area contributed by atoms with Gasteiger partial charge in [-0.3, -0.25) is 9.59 Å². The van der Waals surface area contributed by atoms with Crippen LogP contribution in [-0.2, 0) is 26.0 Å². The van der Waals surface area contributed by atoms with Crippen LogP contribution in [0.25, 0.3) is 0 Å². The van der Waals surface area contributed by atoms with E-state index < -0.39 is 9.84 Å². The third kappa shape index (κ3) is 5.50. The summed E-state index contributed by atoms with van der Waals surface area (Å²) in [5.41, 5.74) is 2.02. The summed E-state index contributed by atoms with van der Waals surface area (Å²) in [6.45, 7) is 5.73. The van der Waals surface area contributed by atoms with E-state index in [0.29, 0.717) is 29.2 Å². The molecule has 1 saturated carbocycles. The van der Waals surface area contributed by atoms with E-state index in [2.05, 4.69) is 40.1 Å². The lowest BCUT2D eigenvalue weighted by molar-refractivity contribution is -0.139. The normalized spacial score (nSPS) is 25.5. The number of piperidine rings is 1. The number of carbonyl (C=O) groups is 2. The van der Waals surface area contributed by atoms with Gasteiger partial charge in [0.1, 0.15) is 0 Å². The van der Waals surface area contributed by atoms with E-state index in [0.717, 1.165) is 76.9 Å². The van der Waals surface area contributed by atoms with Crippen molar-refractivity contribution in [3.63, 3.8) is 0 Å². The second-order valence-corrected chi connectivity index (χ2v) is 14.3. The first-order valence-corrected chi connectivity index (χ1v) is 16.3. The highest BCUT2D eigenvalue weighted by molar-refractivity contribution is 7.90. The van der Waals surface area contributed by atoms with Crippen molar-refractivity contribution in [2.45, 2.75) is 49.5 Å². The highest BCUT2D eigenvalue weighted by atomic mass is 32.2. The highest BCUT2D eigenvalue weighted by Gasteiger charge is 2.49. The van der Waals surface area contributed by atoms with Crippen LogP contribution >= 0.6 is 0 Å². The molecule has 0 bridgehead atoms. The number of amides is 2. The summed E-state index contributed by atoms with van der Waals surface area (Å²) < 4.78 is 23.5. The smallest absolute Gasteiger partial charge is 0.229 e. The number of rotatable bonds is 7. The predicted octanol–water partition coefficient (Wildman–Crippen LogP) is 3.56. The van der Waals surface area contributed by atoms with Crippen LogP contribution in [0.15, 0.2) is 59.5 Å². The van der Waals surface area contributed by atoms with Crippen LogP contribution in [0.2, 0.25) is 0 Å². The van der Waals surface area contributed by atoms with Gasteiger partial charge in [0.25, 0.3) is 0 Å². The number of sulfone groups is 1. The molecule has 2 aromatic rings. The molecule has 3 saturated heterocycles. The zero-order valence-corrected chi connectivity index (χ0v) is 23.6. The molecule has 2 atom stereocenters. The molecule has 2 aromatic carbocycles. The first-order valence-electron chi connectivity index (χ1n) is 14.4. The molecule has 0 N–H and O–H groups in total. The first kappa shape index (κ1) is 26.5. The van der Waals surface area contributed by atoms with Crippen LogP contribution in [-0.4, -0.2) is 80.5 Å². The lowest BCUT2D eigenvalue weighted by Gasteiger charge is -2.39. The molecule has 3 aliphatic heterocycles. The lowest BCUT2D eigenvalue weighted by Crippen LogP contribution is -2.46. The van der Waals surface area contributed by atoms with Gasteiger partial charge in [-0.2, -0.15) is 0 Å². The zero-order chi connectivity index (χ0) is 27.2. The monoisotopic (exact) mass is 549 g/mol. The van der Waals surface area contributed by atoms with Gasteiger partial charge >= 0.3 is 0 Å². The topological polar surface area (TPSA) is 78.0 Å². The van der Waals surface area contributed by atoms with Crippen molar-refractivity contribution in [1.29, 1.82) is 0 Å². The quantitative estimate of drug-likeness (QED) is 0.528. The minimum Gasteiger partial charge on any atom is -0.341 e. The number of likely N-dealkylation sites (tertiary alicyclic amines) is 3. The van der Waals surface area contributed by atoms with E-state index in [4.69, 9.17) is 0 Å². The number of hydrogen-bond donors (Lipinski definition) is 0. The number of nitrogens with zero attached hydrogens (tertiary/aromatic N) is 3. The maximum atomic E-state index is 13.6. The van der Waals surface area contributed by atoms with Gasteiger partial charge in [0.05, 0.1) is 10.3 Å². The Labute approximate surface area is 232 Å². The Balaban J connectivity index is 1.07. The maximum absolute atomic E-state index is 13.6. The van der Waals surface area contributed by atoms with Crippen LogP contribution in [0.1, 0.15) is 49.1 Å². The van der Waals surface area contributed by atoms with Crippen molar-refractivity contribution in [2.24, 2.45) is 17.3 Å². The molecule has 2 amide bonds. The van der Waals surface area contributed by atoms with Crippen molar-refractivity contribution in [2.75, 3.05) is 45.5 Å². The molecule has 8 heteroatoms. The molecular formula is C31H39N3O4S. The molecule has 3 heterocycles. The Kier molecular flexibility index (Phi) is 7.04. The fraction of sp³-hybridized carbons (Fsp3) is 0.548. The average molecular weight is 550 g/mol. The molecule has 7 nitrogen and oxygen atoms in total. The van der Waals surface area contributed by atoms with Crippen LogP contribution in [0.4, 0.5) is 0 Å². The van der Waals surface area contributed by atoms with Gasteiger partial charge in [-0.05, 0) is 74.4 Å². The van der Waals surface area contributed by atoms with E-state index >= 15 is 0 Å². The third-order valence-electron chi connectivity index (χ3n) is 9.54. The van der Waals surface area contributed by atoms with Crippen LogP contribution in [0.5, 0.6) is 0 Å². The van der Waals surface area contributed by atoms with E-state index in [9.17, 15) is 18.0 Å².